The fraction of sp³-hybridized carbons (Fsp3) is 0.750. The lowest BCUT2D eigenvalue weighted by atomic mass is 9.90. The third-order valence-electron chi connectivity index (χ3n) is 6.30. The summed E-state index contributed by atoms with van der Waals surface area (Å²) in [5.74, 6) is 2.42. The Morgan fingerprint density at radius 3 is 2.47 bits per heavy atom. The van der Waals surface area contributed by atoms with E-state index in [9.17, 15) is 9.59 Å². The molecule has 0 spiro atoms. The van der Waals surface area contributed by atoms with Crippen LogP contribution in [0.5, 0.6) is 0 Å². The molecule has 2 amide bonds. The highest BCUT2D eigenvalue weighted by Crippen LogP contribution is 2.32. The lowest BCUT2D eigenvalue weighted by Gasteiger charge is -2.33. The highest BCUT2D eigenvalue weighted by molar-refractivity contribution is 5.79. The fourth-order valence-corrected chi connectivity index (χ4v) is 4.43. The van der Waals surface area contributed by atoms with E-state index in [0.29, 0.717) is 32.5 Å². The van der Waals surface area contributed by atoms with Gasteiger partial charge in [-0.15, -0.1) is 0 Å². The zero-order valence-corrected chi connectivity index (χ0v) is 20.6. The number of likely N-dealkylation sites (tertiary alicyclic amines) is 2. The molecule has 2 saturated heterocycles. The second-order valence-corrected chi connectivity index (χ2v) is 10.5. The van der Waals surface area contributed by atoms with Crippen LogP contribution in [0.25, 0.3) is 0 Å². The lowest BCUT2D eigenvalue weighted by Crippen LogP contribution is -2.39. The van der Waals surface area contributed by atoms with E-state index in [-0.39, 0.29) is 29.1 Å². The summed E-state index contributed by atoms with van der Waals surface area (Å²) in [6.45, 7) is 9.63. The minimum atomic E-state index is 0.00183. The summed E-state index contributed by atoms with van der Waals surface area (Å²) in [7, 11) is 5.61. The van der Waals surface area contributed by atoms with Gasteiger partial charge in [0.2, 0.25) is 11.8 Å². The van der Waals surface area contributed by atoms with E-state index >= 15 is 0 Å². The maximum atomic E-state index is 12.6. The Morgan fingerprint density at radius 2 is 1.88 bits per heavy atom. The SMILES string of the molecule is COCCN1C[C@@H](c2cc(N(C)C)nc(C3CCN(C(=O)CC(C)(C)C)CC3)n2)CC1=O. The first-order valence-corrected chi connectivity index (χ1v) is 11.7. The predicted molar refractivity (Wildman–Crippen MR) is 125 cm³/mol. The van der Waals surface area contributed by atoms with Crippen LogP contribution in [0.3, 0.4) is 0 Å². The van der Waals surface area contributed by atoms with Crippen LogP contribution in [0.4, 0.5) is 5.82 Å². The lowest BCUT2D eigenvalue weighted by molar-refractivity contribution is -0.134. The predicted octanol–water partition coefficient (Wildman–Crippen LogP) is 2.65. The number of rotatable bonds is 7. The average Bonchev–Trinajstić information content (AvgIpc) is 3.11. The molecule has 0 N–H and O–H groups in total. The molecule has 0 bridgehead atoms. The molecule has 1 aromatic rings. The van der Waals surface area contributed by atoms with Gasteiger partial charge in [-0.2, -0.15) is 0 Å². The van der Waals surface area contributed by atoms with E-state index in [1.54, 1.807) is 7.11 Å². The molecule has 0 saturated carbocycles. The number of amides is 2. The summed E-state index contributed by atoms with van der Waals surface area (Å²) >= 11 is 0. The summed E-state index contributed by atoms with van der Waals surface area (Å²) in [4.78, 5) is 40.7. The van der Waals surface area contributed by atoms with Crippen LogP contribution >= 0.6 is 0 Å². The molecule has 32 heavy (non-hydrogen) atoms. The highest BCUT2D eigenvalue weighted by Gasteiger charge is 2.33. The van der Waals surface area contributed by atoms with E-state index in [2.05, 4.69) is 20.8 Å². The number of piperidine rings is 1. The summed E-state index contributed by atoms with van der Waals surface area (Å²) in [6.07, 6.45) is 2.79. The van der Waals surface area contributed by atoms with Crippen LogP contribution in [0.15, 0.2) is 6.07 Å². The van der Waals surface area contributed by atoms with Crippen molar-refractivity contribution in [2.24, 2.45) is 5.41 Å². The Balaban J connectivity index is 1.72. The third-order valence-corrected chi connectivity index (χ3v) is 6.30. The van der Waals surface area contributed by atoms with Gasteiger partial charge in [0.1, 0.15) is 11.6 Å². The summed E-state index contributed by atoms with van der Waals surface area (Å²) in [5.41, 5.74) is 0.945. The molecular formula is C24H39N5O3. The molecule has 178 valence electrons. The number of nitrogens with zero attached hydrogens (tertiary/aromatic N) is 5. The second-order valence-electron chi connectivity index (χ2n) is 10.5. The van der Waals surface area contributed by atoms with Crippen molar-refractivity contribution in [3.8, 4) is 0 Å². The number of hydrogen-bond acceptors (Lipinski definition) is 6. The number of carbonyl (C=O) groups excluding carboxylic acids is 2. The normalized spacial score (nSPS) is 20.2. The summed E-state index contributed by atoms with van der Waals surface area (Å²) < 4.78 is 5.14. The molecule has 2 fully saturated rings. The summed E-state index contributed by atoms with van der Waals surface area (Å²) in [5, 5.41) is 0. The van der Waals surface area contributed by atoms with E-state index in [1.165, 1.54) is 0 Å². The smallest absolute Gasteiger partial charge is 0.223 e. The molecule has 3 rings (SSSR count). The van der Waals surface area contributed by atoms with Gasteiger partial charge in [-0.05, 0) is 18.3 Å². The molecule has 8 nitrogen and oxygen atoms in total. The Bertz CT molecular complexity index is 812. The second kappa shape index (κ2) is 10.1. The van der Waals surface area contributed by atoms with Crippen LogP contribution < -0.4 is 4.90 Å². The van der Waals surface area contributed by atoms with Crippen LogP contribution in [0.1, 0.15) is 69.8 Å². The zero-order chi connectivity index (χ0) is 23.5. The van der Waals surface area contributed by atoms with Gasteiger partial charge in [0.25, 0.3) is 0 Å². The van der Waals surface area contributed by atoms with Gasteiger partial charge in [0.15, 0.2) is 0 Å². The Labute approximate surface area is 192 Å². The quantitative estimate of drug-likeness (QED) is 0.642. The van der Waals surface area contributed by atoms with Crippen molar-refractivity contribution in [3.05, 3.63) is 17.6 Å². The first kappa shape index (κ1) is 24.4. The van der Waals surface area contributed by atoms with Crippen molar-refractivity contribution in [1.82, 2.24) is 19.8 Å². The molecule has 3 heterocycles. The standard InChI is InChI=1S/C24H39N5O3/c1-24(2,3)15-22(31)28-9-7-17(8-10-28)23-25-19(14-20(26-23)27(4)5)18-13-21(30)29(16-18)11-12-32-6/h14,17-18H,7-13,15-16H2,1-6H3/t18-/m0/s1. The number of hydrogen-bond donors (Lipinski definition) is 0. The van der Waals surface area contributed by atoms with Gasteiger partial charge in [0.05, 0.1) is 12.3 Å². The van der Waals surface area contributed by atoms with Gasteiger partial charge in [-0.25, -0.2) is 9.97 Å². The molecule has 1 atom stereocenters. The average molecular weight is 446 g/mol. The number of ether oxygens (including phenoxy) is 1. The number of anilines is 1. The first-order valence-electron chi connectivity index (χ1n) is 11.7. The molecule has 2 aliphatic rings. The molecule has 0 unspecified atom stereocenters. The summed E-state index contributed by atoms with van der Waals surface area (Å²) in [6, 6.07) is 2.02. The first-order chi connectivity index (χ1) is 15.1. The molecular weight excluding hydrogens is 406 g/mol. The van der Waals surface area contributed by atoms with Gasteiger partial charge < -0.3 is 19.4 Å². The topological polar surface area (TPSA) is 78.9 Å². The molecule has 0 aromatic carbocycles. The van der Waals surface area contributed by atoms with Crippen LogP contribution in [-0.4, -0.2) is 85.6 Å². The van der Waals surface area contributed by atoms with Crippen molar-refractivity contribution in [2.75, 3.05) is 58.9 Å². The van der Waals surface area contributed by atoms with Crippen molar-refractivity contribution >= 4 is 17.6 Å². The fourth-order valence-electron chi connectivity index (χ4n) is 4.43. The number of methoxy groups -OCH3 is 1. The van der Waals surface area contributed by atoms with Crippen molar-refractivity contribution in [3.63, 3.8) is 0 Å². The molecule has 0 radical (unpaired) electrons. The monoisotopic (exact) mass is 445 g/mol. The van der Waals surface area contributed by atoms with Crippen molar-refractivity contribution in [1.29, 1.82) is 0 Å². The molecule has 8 heteroatoms. The molecule has 1 aromatic heterocycles. The van der Waals surface area contributed by atoms with E-state index in [4.69, 9.17) is 14.7 Å². The van der Waals surface area contributed by atoms with Crippen LogP contribution in [-0.2, 0) is 14.3 Å². The maximum Gasteiger partial charge on any atom is 0.223 e. The van der Waals surface area contributed by atoms with Crippen molar-refractivity contribution in [2.45, 2.75) is 58.3 Å². The maximum absolute atomic E-state index is 12.6. The largest absolute Gasteiger partial charge is 0.383 e. The minimum absolute atomic E-state index is 0.00183. The molecule has 0 aliphatic carbocycles. The Morgan fingerprint density at radius 1 is 1.19 bits per heavy atom. The zero-order valence-electron chi connectivity index (χ0n) is 20.6. The van der Waals surface area contributed by atoms with E-state index < -0.39 is 0 Å². The molecule has 2 aliphatic heterocycles. The van der Waals surface area contributed by atoms with Crippen LogP contribution in [0, 0.1) is 5.41 Å². The van der Waals surface area contributed by atoms with Crippen LogP contribution in [0.2, 0.25) is 0 Å². The van der Waals surface area contributed by atoms with E-state index in [1.807, 2.05) is 34.9 Å². The Kier molecular flexibility index (Phi) is 7.75. The third kappa shape index (κ3) is 6.18. The van der Waals surface area contributed by atoms with E-state index in [0.717, 1.165) is 43.3 Å². The van der Waals surface area contributed by atoms with Gasteiger partial charge in [0, 0.05) is 78.1 Å². The van der Waals surface area contributed by atoms with Crippen molar-refractivity contribution < 1.29 is 14.3 Å². The minimum Gasteiger partial charge on any atom is -0.383 e. The Hall–Kier alpha value is -2.22. The van der Waals surface area contributed by atoms with Gasteiger partial charge in [-0.1, -0.05) is 20.8 Å². The number of carbonyl (C=O) groups is 2. The highest BCUT2D eigenvalue weighted by atomic mass is 16.5. The van der Waals surface area contributed by atoms with Gasteiger partial charge >= 0.3 is 0 Å². The van der Waals surface area contributed by atoms with Gasteiger partial charge in [-0.3, -0.25) is 9.59 Å². The number of aromatic nitrogens is 2.